The number of amides is 1. The number of hydrogen-bond donors (Lipinski definition) is 3. The van der Waals surface area contributed by atoms with Gasteiger partial charge in [0.25, 0.3) is 5.69 Å². The van der Waals surface area contributed by atoms with E-state index in [1.54, 1.807) is 0 Å². The van der Waals surface area contributed by atoms with Crippen LogP contribution in [0.4, 0.5) is 14.9 Å². The van der Waals surface area contributed by atoms with E-state index in [2.05, 4.69) is 10.1 Å². The molecule has 4 rings (SSSR count). The normalized spacial score (nSPS) is 13.7. The first kappa shape index (κ1) is 26.7. The van der Waals surface area contributed by atoms with E-state index < -0.39 is 51.8 Å². The third-order valence-corrected chi connectivity index (χ3v) is 6.45. The van der Waals surface area contributed by atoms with E-state index in [0.717, 1.165) is 29.4 Å². The molecule has 2 atom stereocenters. The van der Waals surface area contributed by atoms with Crippen molar-refractivity contribution in [2.75, 3.05) is 20.3 Å². The molecule has 0 aliphatic heterocycles. The van der Waals surface area contributed by atoms with Crippen molar-refractivity contribution in [1.29, 1.82) is 0 Å². The van der Waals surface area contributed by atoms with E-state index in [0.29, 0.717) is 12.1 Å². The number of aliphatic hydroxyl groups excluding tert-OH is 2. The zero-order valence-electron chi connectivity index (χ0n) is 20.3. The summed E-state index contributed by atoms with van der Waals surface area (Å²) < 4.78 is 24.3. The third kappa shape index (κ3) is 5.34. The lowest BCUT2D eigenvalue weighted by molar-refractivity contribution is -0.385. The zero-order valence-corrected chi connectivity index (χ0v) is 20.3. The number of nitro benzene ring substituents is 1. The first-order valence-electron chi connectivity index (χ1n) is 11.7. The molecular weight excluding hydrogens is 499 g/mol. The highest BCUT2D eigenvalue weighted by Gasteiger charge is 2.30. The van der Waals surface area contributed by atoms with Crippen LogP contribution in [0.15, 0.2) is 60.7 Å². The van der Waals surface area contributed by atoms with Crippen molar-refractivity contribution in [2.24, 2.45) is 0 Å². The van der Waals surface area contributed by atoms with Gasteiger partial charge in [-0.05, 0) is 34.7 Å². The van der Waals surface area contributed by atoms with Crippen molar-refractivity contribution in [3.05, 3.63) is 98.8 Å². The minimum atomic E-state index is -1.86. The van der Waals surface area contributed by atoms with Gasteiger partial charge in [0, 0.05) is 24.1 Å². The molecule has 0 saturated heterocycles. The Hall–Kier alpha value is -4.35. The Bertz CT molecular complexity index is 1330. The number of alkyl carbamates (subject to hydrolysis) is 1. The number of methoxy groups -OCH3 is 1. The van der Waals surface area contributed by atoms with E-state index in [4.69, 9.17) is 4.74 Å². The number of carbonyl (C=O) groups is 2. The van der Waals surface area contributed by atoms with Crippen molar-refractivity contribution < 1.29 is 38.6 Å². The summed E-state index contributed by atoms with van der Waals surface area (Å²) >= 11 is 0. The van der Waals surface area contributed by atoms with E-state index in [1.807, 2.05) is 48.5 Å². The van der Waals surface area contributed by atoms with Gasteiger partial charge in [0.05, 0.1) is 18.1 Å². The van der Waals surface area contributed by atoms with Crippen LogP contribution in [0.3, 0.4) is 0 Å². The number of esters is 1. The average molecular weight is 525 g/mol. The Kier molecular flexibility index (Phi) is 7.99. The highest BCUT2D eigenvalue weighted by Crippen LogP contribution is 2.44. The minimum absolute atomic E-state index is 0.0897. The largest absolute Gasteiger partial charge is 0.465 e. The molecule has 3 aromatic carbocycles. The van der Waals surface area contributed by atoms with Crippen molar-refractivity contribution in [1.82, 2.24) is 5.32 Å². The lowest BCUT2D eigenvalue weighted by atomic mass is 9.98. The molecule has 0 radical (unpaired) electrons. The van der Waals surface area contributed by atoms with Crippen LogP contribution in [0.2, 0.25) is 0 Å². The van der Waals surface area contributed by atoms with Crippen LogP contribution in [0.5, 0.6) is 0 Å². The number of halogens is 1. The zero-order chi connectivity index (χ0) is 27.4. The Labute approximate surface area is 216 Å². The summed E-state index contributed by atoms with van der Waals surface area (Å²) in [5.41, 5.74) is 2.29. The maximum Gasteiger partial charge on any atom is 0.407 e. The number of nitrogens with zero attached hydrogens (tertiary/aromatic N) is 1. The van der Waals surface area contributed by atoms with Gasteiger partial charge in [-0.25, -0.2) is 14.0 Å². The molecule has 3 N–H and O–H groups in total. The van der Waals surface area contributed by atoms with Crippen LogP contribution in [0.1, 0.15) is 45.5 Å². The smallest absolute Gasteiger partial charge is 0.407 e. The van der Waals surface area contributed by atoms with Crippen molar-refractivity contribution in [2.45, 2.75) is 24.5 Å². The number of nitrogens with one attached hydrogen (secondary N) is 1. The number of nitro groups is 1. The van der Waals surface area contributed by atoms with Gasteiger partial charge >= 0.3 is 12.1 Å². The first-order chi connectivity index (χ1) is 18.2. The van der Waals surface area contributed by atoms with Crippen LogP contribution in [-0.4, -0.2) is 53.6 Å². The molecule has 3 aromatic rings. The Morgan fingerprint density at radius 1 is 1.08 bits per heavy atom. The van der Waals surface area contributed by atoms with Crippen LogP contribution < -0.4 is 5.32 Å². The number of carbonyl (C=O) groups excluding carboxylic acids is 2. The summed E-state index contributed by atoms with van der Waals surface area (Å²) in [6, 6.07) is 17.0. The van der Waals surface area contributed by atoms with Gasteiger partial charge in [-0.1, -0.05) is 48.5 Å². The number of hydrogen-bond acceptors (Lipinski definition) is 8. The number of fused-ring (bicyclic) bond motifs is 3. The quantitative estimate of drug-likeness (QED) is 0.217. The highest BCUT2D eigenvalue weighted by molar-refractivity contribution is 5.94. The number of rotatable bonds is 9. The molecule has 1 aliphatic rings. The minimum Gasteiger partial charge on any atom is -0.465 e. The first-order valence-corrected chi connectivity index (χ1v) is 11.7. The fraction of sp³-hybridized carbons (Fsp3) is 0.259. The molecule has 0 aromatic heterocycles. The SMILES string of the molecule is COC(=O)c1cc(F)c(C(O)C(O)CCNC(=O)OCC2c3ccccc3-c3ccccc32)cc1[N+](=O)[O-]. The van der Waals surface area contributed by atoms with Gasteiger partial charge in [-0.15, -0.1) is 0 Å². The second-order valence-electron chi connectivity index (χ2n) is 8.69. The predicted octanol–water partition coefficient (Wildman–Crippen LogP) is 3.84. The van der Waals surface area contributed by atoms with Gasteiger partial charge in [-0.2, -0.15) is 0 Å². The fourth-order valence-electron chi connectivity index (χ4n) is 4.57. The summed E-state index contributed by atoms with van der Waals surface area (Å²) in [4.78, 5) is 34.4. The molecule has 198 valence electrons. The lowest BCUT2D eigenvalue weighted by Gasteiger charge is -2.19. The van der Waals surface area contributed by atoms with Crippen LogP contribution >= 0.6 is 0 Å². The molecule has 38 heavy (non-hydrogen) atoms. The van der Waals surface area contributed by atoms with E-state index >= 15 is 0 Å². The van der Waals surface area contributed by atoms with Crippen LogP contribution in [0, 0.1) is 15.9 Å². The molecule has 0 saturated carbocycles. The monoisotopic (exact) mass is 524 g/mol. The number of benzene rings is 3. The third-order valence-electron chi connectivity index (χ3n) is 6.45. The van der Waals surface area contributed by atoms with Gasteiger partial charge in [0.2, 0.25) is 0 Å². The summed E-state index contributed by atoms with van der Waals surface area (Å²) in [6.45, 7) is -0.0364. The second-order valence-corrected chi connectivity index (χ2v) is 8.69. The van der Waals surface area contributed by atoms with Crippen molar-refractivity contribution in [3.63, 3.8) is 0 Å². The molecule has 0 spiro atoms. The Morgan fingerprint density at radius 3 is 2.26 bits per heavy atom. The van der Waals surface area contributed by atoms with Gasteiger partial charge in [0.1, 0.15) is 24.1 Å². The van der Waals surface area contributed by atoms with E-state index in [9.17, 15) is 34.3 Å². The van der Waals surface area contributed by atoms with Gasteiger partial charge < -0.3 is 25.0 Å². The predicted molar refractivity (Wildman–Crippen MR) is 133 cm³/mol. The summed E-state index contributed by atoms with van der Waals surface area (Å²) in [6.07, 6.45) is -4.39. The van der Waals surface area contributed by atoms with Crippen molar-refractivity contribution >= 4 is 17.7 Å². The molecule has 11 heteroatoms. The molecule has 1 amide bonds. The van der Waals surface area contributed by atoms with E-state index in [-0.39, 0.29) is 25.5 Å². The Balaban J connectivity index is 1.33. The average Bonchev–Trinajstić information content (AvgIpc) is 3.24. The van der Waals surface area contributed by atoms with Crippen LogP contribution in [0.25, 0.3) is 11.1 Å². The maximum atomic E-state index is 14.5. The maximum absolute atomic E-state index is 14.5. The Morgan fingerprint density at radius 2 is 1.68 bits per heavy atom. The summed E-state index contributed by atoms with van der Waals surface area (Å²) in [7, 11) is 0.986. The molecule has 0 bridgehead atoms. The number of ether oxygens (including phenoxy) is 2. The standard InChI is InChI=1S/C27H25FN2O8/c1-37-26(33)20-12-22(28)19(13-23(20)30(35)36)25(32)24(31)10-11-29-27(34)38-14-21-17-8-4-2-6-15(17)16-7-3-5-9-18(16)21/h2-9,12-13,21,24-25,31-32H,10-11,14H2,1H3,(H,29,34). The molecular formula is C27H25FN2O8. The molecule has 0 fully saturated rings. The fourth-order valence-corrected chi connectivity index (χ4v) is 4.57. The molecule has 1 aliphatic carbocycles. The summed E-state index contributed by atoms with van der Waals surface area (Å²) in [5, 5.41) is 34.5. The highest BCUT2D eigenvalue weighted by atomic mass is 19.1. The van der Waals surface area contributed by atoms with Crippen LogP contribution in [-0.2, 0) is 9.47 Å². The lowest BCUT2D eigenvalue weighted by Crippen LogP contribution is -2.31. The van der Waals surface area contributed by atoms with Crippen molar-refractivity contribution in [3.8, 4) is 11.1 Å². The topological polar surface area (TPSA) is 148 Å². The molecule has 2 unspecified atom stereocenters. The number of aliphatic hydroxyl groups is 2. The van der Waals surface area contributed by atoms with Gasteiger partial charge in [0.15, 0.2) is 0 Å². The van der Waals surface area contributed by atoms with Gasteiger partial charge in [-0.3, -0.25) is 10.1 Å². The molecule has 10 nitrogen and oxygen atoms in total. The second kappa shape index (κ2) is 11.4. The molecule has 0 heterocycles. The summed E-state index contributed by atoms with van der Waals surface area (Å²) in [5.74, 6) is -2.39. The van der Waals surface area contributed by atoms with E-state index in [1.165, 1.54) is 0 Å².